The highest BCUT2D eigenvalue weighted by atomic mass is 32.2. The van der Waals surface area contributed by atoms with Crippen LogP contribution >= 0.6 is 0 Å². The van der Waals surface area contributed by atoms with Crippen molar-refractivity contribution in [1.29, 1.82) is 0 Å². The maximum absolute atomic E-state index is 16.1. The Morgan fingerprint density at radius 2 is 1.76 bits per heavy atom. The average molecular weight is 588 g/mol. The summed E-state index contributed by atoms with van der Waals surface area (Å²) in [7, 11) is -4.31. The number of hydrogen-bond acceptors (Lipinski definition) is 7. The molecule has 2 N–H and O–H groups in total. The van der Waals surface area contributed by atoms with Gasteiger partial charge in [0.2, 0.25) is 0 Å². The lowest BCUT2D eigenvalue weighted by Gasteiger charge is -2.28. The topological polar surface area (TPSA) is 123 Å². The summed E-state index contributed by atoms with van der Waals surface area (Å²) in [6, 6.07) is 15.4. The Labute approximate surface area is 238 Å². The highest BCUT2D eigenvalue weighted by molar-refractivity contribution is 7.92. The molecule has 0 aromatic heterocycles. The summed E-state index contributed by atoms with van der Waals surface area (Å²) in [5.74, 6) is -1.34. The predicted molar refractivity (Wildman–Crippen MR) is 153 cm³/mol. The fraction of sp³-hybridized carbons (Fsp3) is 0.379. The van der Waals surface area contributed by atoms with Crippen LogP contribution in [0.2, 0.25) is 0 Å². The Morgan fingerprint density at radius 3 is 2.39 bits per heavy atom. The highest BCUT2D eigenvalue weighted by Crippen LogP contribution is 2.40. The van der Waals surface area contributed by atoms with Gasteiger partial charge in [0.15, 0.2) is 5.82 Å². The standard InChI is InChI=1S/C29H34FN3O7S/c1-28(2,3)40-27(35)31-29(4,5)13-14-38-21-12-11-20-15-23(39-18-19-9-7-6-8-10-19)26(25(30)22(20)16-21)33-17-24(34)32-41(33,36)37/h6-12,15-16H,13-14,17-18H2,1-5H3,(H,31,35)(H,32,34). The van der Waals surface area contributed by atoms with E-state index in [9.17, 15) is 18.0 Å². The largest absolute Gasteiger partial charge is 0.493 e. The van der Waals surface area contributed by atoms with Crippen molar-refractivity contribution in [3.05, 3.63) is 66.0 Å². The Kier molecular flexibility index (Phi) is 8.34. The number of ether oxygens (including phenoxy) is 3. The van der Waals surface area contributed by atoms with Crippen LogP contribution in [0.5, 0.6) is 11.5 Å². The van der Waals surface area contributed by atoms with Gasteiger partial charge >= 0.3 is 16.3 Å². The van der Waals surface area contributed by atoms with Gasteiger partial charge in [0.25, 0.3) is 5.91 Å². The van der Waals surface area contributed by atoms with Gasteiger partial charge in [0.1, 0.15) is 35.9 Å². The van der Waals surface area contributed by atoms with Crippen LogP contribution in [0.3, 0.4) is 0 Å². The van der Waals surface area contributed by atoms with E-state index in [0.29, 0.717) is 21.9 Å². The number of benzene rings is 3. The smallest absolute Gasteiger partial charge is 0.408 e. The molecule has 0 bridgehead atoms. The quantitative estimate of drug-likeness (QED) is 0.368. The number of alkyl carbamates (subject to hydrolysis) is 1. The van der Waals surface area contributed by atoms with E-state index in [-0.39, 0.29) is 30.0 Å². The van der Waals surface area contributed by atoms with Crippen molar-refractivity contribution >= 4 is 38.7 Å². The van der Waals surface area contributed by atoms with E-state index in [4.69, 9.17) is 14.2 Å². The van der Waals surface area contributed by atoms with Crippen LogP contribution < -0.4 is 23.8 Å². The first kappa shape index (κ1) is 29.9. The summed E-state index contributed by atoms with van der Waals surface area (Å²) < 4.78 is 61.0. The second-order valence-electron chi connectivity index (χ2n) is 11.3. The second-order valence-corrected chi connectivity index (χ2v) is 12.9. The Bertz CT molecular complexity index is 1550. The maximum atomic E-state index is 16.1. The SMILES string of the molecule is CC(C)(CCOc1ccc2cc(OCc3ccccc3)c(N3CC(=O)NS3(=O)=O)c(F)c2c1)NC(=O)OC(C)(C)C. The summed E-state index contributed by atoms with van der Waals surface area (Å²) in [6.07, 6.45) is -0.123. The second kappa shape index (κ2) is 11.4. The van der Waals surface area contributed by atoms with Gasteiger partial charge in [-0.3, -0.25) is 4.79 Å². The summed E-state index contributed by atoms with van der Waals surface area (Å²) in [5, 5.41) is 3.34. The van der Waals surface area contributed by atoms with Crippen LogP contribution in [0.15, 0.2) is 54.6 Å². The zero-order valence-electron chi connectivity index (χ0n) is 23.6. The molecule has 220 valence electrons. The fourth-order valence-electron chi connectivity index (χ4n) is 4.18. The molecule has 0 saturated carbocycles. The van der Waals surface area contributed by atoms with E-state index >= 15 is 4.39 Å². The van der Waals surface area contributed by atoms with Gasteiger partial charge in [-0.25, -0.2) is 18.2 Å². The normalized spacial score (nSPS) is 15.0. The number of anilines is 1. The number of rotatable bonds is 9. The van der Waals surface area contributed by atoms with Crippen molar-refractivity contribution in [2.45, 2.75) is 58.8 Å². The number of fused-ring (bicyclic) bond motifs is 1. The first-order valence-corrected chi connectivity index (χ1v) is 14.5. The van der Waals surface area contributed by atoms with Crippen LogP contribution in [0.25, 0.3) is 10.8 Å². The number of nitrogens with zero attached hydrogens (tertiary/aromatic N) is 1. The molecule has 1 aliphatic rings. The third-order valence-corrected chi connectivity index (χ3v) is 7.51. The van der Waals surface area contributed by atoms with Crippen LogP contribution in [0, 0.1) is 5.82 Å². The monoisotopic (exact) mass is 587 g/mol. The molecule has 3 aromatic carbocycles. The van der Waals surface area contributed by atoms with Gasteiger partial charge in [-0.05, 0) is 63.8 Å². The van der Waals surface area contributed by atoms with Crippen molar-refractivity contribution in [2.24, 2.45) is 0 Å². The molecule has 41 heavy (non-hydrogen) atoms. The van der Waals surface area contributed by atoms with Crippen LogP contribution in [-0.4, -0.2) is 44.7 Å². The third-order valence-electron chi connectivity index (χ3n) is 6.13. The molecular formula is C29H34FN3O7S. The molecule has 0 spiro atoms. The maximum Gasteiger partial charge on any atom is 0.408 e. The lowest BCUT2D eigenvalue weighted by atomic mass is 10.0. The third kappa shape index (κ3) is 7.57. The number of carbonyl (C=O) groups excluding carboxylic acids is 2. The zero-order chi connectivity index (χ0) is 30.0. The number of halogens is 1. The molecule has 3 aromatic rings. The fourth-order valence-corrected chi connectivity index (χ4v) is 5.34. The predicted octanol–water partition coefficient (Wildman–Crippen LogP) is 4.81. The number of hydrogen-bond donors (Lipinski definition) is 2. The van der Waals surface area contributed by atoms with Crippen molar-refractivity contribution in [3.8, 4) is 11.5 Å². The summed E-state index contributed by atoms with van der Waals surface area (Å²) in [5.41, 5.74) is -0.849. The minimum Gasteiger partial charge on any atom is -0.493 e. The van der Waals surface area contributed by atoms with Crippen molar-refractivity contribution in [1.82, 2.24) is 10.0 Å². The molecule has 0 aliphatic carbocycles. The molecule has 10 nitrogen and oxygen atoms in total. The van der Waals surface area contributed by atoms with Crippen molar-refractivity contribution in [3.63, 3.8) is 0 Å². The molecule has 1 heterocycles. The summed E-state index contributed by atoms with van der Waals surface area (Å²) >= 11 is 0. The minimum atomic E-state index is -4.31. The number of carbonyl (C=O) groups is 2. The zero-order valence-corrected chi connectivity index (χ0v) is 24.4. The molecule has 0 atom stereocenters. The highest BCUT2D eigenvalue weighted by Gasteiger charge is 2.38. The lowest BCUT2D eigenvalue weighted by Crippen LogP contribution is -2.46. The van der Waals surface area contributed by atoms with Gasteiger partial charge in [-0.15, -0.1) is 0 Å². The van der Waals surface area contributed by atoms with E-state index in [1.807, 2.05) is 48.9 Å². The average Bonchev–Trinajstić information content (AvgIpc) is 3.13. The number of nitrogens with one attached hydrogen (secondary N) is 2. The van der Waals surface area contributed by atoms with E-state index in [2.05, 4.69) is 5.32 Å². The first-order valence-electron chi connectivity index (χ1n) is 13.0. The first-order chi connectivity index (χ1) is 19.1. The molecule has 1 saturated heterocycles. The molecule has 1 aliphatic heterocycles. The van der Waals surface area contributed by atoms with Crippen LogP contribution in [0.1, 0.15) is 46.6 Å². The Balaban J connectivity index is 1.58. The van der Waals surface area contributed by atoms with Gasteiger partial charge < -0.3 is 19.5 Å². The summed E-state index contributed by atoms with van der Waals surface area (Å²) in [6.45, 7) is 8.66. The van der Waals surface area contributed by atoms with Crippen LogP contribution in [-0.2, 0) is 26.3 Å². The number of amides is 2. The van der Waals surface area contributed by atoms with Crippen molar-refractivity contribution in [2.75, 3.05) is 17.5 Å². The van der Waals surface area contributed by atoms with Gasteiger partial charge in [-0.2, -0.15) is 8.42 Å². The van der Waals surface area contributed by atoms with Gasteiger partial charge in [-0.1, -0.05) is 36.4 Å². The Hall–Kier alpha value is -4.06. The minimum absolute atomic E-state index is 0.0254. The van der Waals surface area contributed by atoms with Crippen LogP contribution in [0.4, 0.5) is 14.9 Å². The lowest BCUT2D eigenvalue weighted by molar-refractivity contribution is -0.117. The Morgan fingerprint density at radius 1 is 1.05 bits per heavy atom. The molecule has 4 rings (SSSR count). The molecule has 1 fully saturated rings. The molecule has 2 amide bonds. The molecule has 12 heteroatoms. The van der Waals surface area contributed by atoms with E-state index < -0.39 is 45.7 Å². The van der Waals surface area contributed by atoms with E-state index in [0.717, 1.165) is 5.56 Å². The van der Waals surface area contributed by atoms with Gasteiger partial charge in [0, 0.05) is 17.3 Å². The van der Waals surface area contributed by atoms with E-state index in [1.165, 1.54) is 12.1 Å². The van der Waals surface area contributed by atoms with E-state index in [1.54, 1.807) is 32.9 Å². The van der Waals surface area contributed by atoms with Crippen molar-refractivity contribution < 1.29 is 36.6 Å². The summed E-state index contributed by atoms with van der Waals surface area (Å²) in [4.78, 5) is 24.1. The molecule has 0 radical (unpaired) electrons. The van der Waals surface area contributed by atoms with Gasteiger partial charge in [0.05, 0.1) is 6.61 Å². The molecule has 0 unspecified atom stereocenters. The molecular weight excluding hydrogens is 553 g/mol.